The van der Waals surface area contributed by atoms with Crippen molar-refractivity contribution in [2.24, 2.45) is 7.05 Å². The molecule has 4 nitrogen and oxygen atoms in total. The van der Waals surface area contributed by atoms with Gasteiger partial charge in [-0.25, -0.2) is 0 Å². The number of nitrogens with two attached hydrogens (primary N) is 1. The highest BCUT2D eigenvalue weighted by Gasteiger charge is 2.37. The first-order valence-corrected chi connectivity index (χ1v) is 4.70. The van der Waals surface area contributed by atoms with Crippen molar-refractivity contribution in [1.29, 1.82) is 0 Å². The number of rotatable bonds is 1. The maximum atomic E-state index is 12.7. The monoisotopic (exact) mass is 242 g/mol. The van der Waals surface area contributed by atoms with Gasteiger partial charge < -0.3 is 5.73 Å². The molecule has 0 saturated carbocycles. The number of nitrogen functional groups attached to an aromatic ring is 1. The molecule has 0 spiro atoms. The summed E-state index contributed by atoms with van der Waals surface area (Å²) in [4.78, 5) is 3.86. The van der Waals surface area contributed by atoms with Crippen LogP contribution in [0, 0.1) is 0 Å². The maximum Gasteiger partial charge on any atom is 0.435 e. The van der Waals surface area contributed by atoms with Gasteiger partial charge in [0.05, 0.1) is 23.1 Å². The first kappa shape index (κ1) is 11.4. The third-order valence-electron chi connectivity index (χ3n) is 2.16. The van der Waals surface area contributed by atoms with Crippen LogP contribution in [0.15, 0.2) is 24.5 Å². The van der Waals surface area contributed by atoms with Crippen LogP contribution in [0.5, 0.6) is 0 Å². The van der Waals surface area contributed by atoms with Gasteiger partial charge in [0.25, 0.3) is 0 Å². The third kappa shape index (κ3) is 2.22. The zero-order valence-electron chi connectivity index (χ0n) is 8.86. The van der Waals surface area contributed by atoms with Gasteiger partial charge in [0.15, 0.2) is 5.69 Å². The third-order valence-corrected chi connectivity index (χ3v) is 2.16. The predicted octanol–water partition coefficient (Wildman–Crippen LogP) is 2.08. The number of aromatic nitrogens is 3. The lowest BCUT2D eigenvalue weighted by Gasteiger charge is -2.05. The van der Waals surface area contributed by atoms with Crippen molar-refractivity contribution in [1.82, 2.24) is 14.8 Å². The van der Waals surface area contributed by atoms with E-state index in [0.717, 1.165) is 4.68 Å². The maximum absolute atomic E-state index is 12.7. The summed E-state index contributed by atoms with van der Waals surface area (Å²) in [5, 5.41) is 3.40. The van der Waals surface area contributed by atoms with E-state index in [1.165, 1.54) is 31.6 Å². The molecule has 0 saturated heterocycles. The fraction of sp³-hybridized carbons (Fsp3) is 0.200. The Bertz CT molecular complexity index is 527. The second kappa shape index (κ2) is 3.76. The van der Waals surface area contributed by atoms with Crippen LogP contribution >= 0.6 is 0 Å². The van der Waals surface area contributed by atoms with Crippen molar-refractivity contribution in [3.63, 3.8) is 0 Å². The number of aryl methyl sites for hydroxylation is 1. The highest BCUT2D eigenvalue weighted by molar-refractivity contribution is 5.63. The Labute approximate surface area is 94.9 Å². The van der Waals surface area contributed by atoms with Crippen LogP contribution in [0.25, 0.3) is 11.3 Å². The highest BCUT2D eigenvalue weighted by atomic mass is 19.4. The van der Waals surface area contributed by atoms with Gasteiger partial charge in [-0.2, -0.15) is 18.3 Å². The van der Waals surface area contributed by atoms with Crippen LogP contribution in [-0.2, 0) is 13.2 Å². The van der Waals surface area contributed by atoms with E-state index in [0.29, 0.717) is 5.69 Å². The molecule has 2 aromatic heterocycles. The van der Waals surface area contributed by atoms with Crippen LogP contribution < -0.4 is 5.73 Å². The number of halogens is 3. The molecule has 2 aromatic rings. The molecule has 0 bridgehead atoms. The summed E-state index contributed by atoms with van der Waals surface area (Å²) >= 11 is 0. The summed E-state index contributed by atoms with van der Waals surface area (Å²) in [7, 11) is 1.43. The topological polar surface area (TPSA) is 56.7 Å². The molecule has 0 aliphatic carbocycles. The number of alkyl halides is 3. The standard InChI is InChI=1S/C10H9F3N4/c1-17-5-7(9(16-17)10(11,12)13)8-3-2-6(14)4-15-8/h2-5H,14H2,1H3. The van der Waals surface area contributed by atoms with Gasteiger partial charge in [-0.15, -0.1) is 0 Å². The summed E-state index contributed by atoms with van der Waals surface area (Å²) in [6.07, 6.45) is -1.91. The molecule has 0 aromatic carbocycles. The number of pyridine rings is 1. The molecule has 0 radical (unpaired) electrons. The van der Waals surface area contributed by atoms with E-state index >= 15 is 0 Å². The molecule has 0 atom stereocenters. The molecule has 0 unspecified atom stereocenters. The second-order valence-electron chi connectivity index (χ2n) is 3.54. The van der Waals surface area contributed by atoms with Crippen LogP contribution in [0.4, 0.5) is 18.9 Å². The van der Waals surface area contributed by atoms with Crippen molar-refractivity contribution >= 4 is 5.69 Å². The molecule has 2 N–H and O–H groups in total. The smallest absolute Gasteiger partial charge is 0.397 e. The van der Waals surface area contributed by atoms with E-state index in [-0.39, 0.29) is 11.3 Å². The molecule has 0 aliphatic heterocycles. The minimum absolute atomic E-state index is 0.0556. The molecule has 2 heterocycles. The van der Waals surface area contributed by atoms with E-state index in [4.69, 9.17) is 5.73 Å². The zero-order chi connectivity index (χ0) is 12.6. The first-order valence-electron chi connectivity index (χ1n) is 4.70. The van der Waals surface area contributed by atoms with E-state index in [9.17, 15) is 13.2 Å². The molecule has 2 rings (SSSR count). The van der Waals surface area contributed by atoms with E-state index in [1.807, 2.05) is 0 Å². The Kier molecular flexibility index (Phi) is 2.53. The zero-order valence-corrected chi connectivity index (χ0v) is 8.86. The van der Waals surface area contributed by atoms with Crippen LogP contribution in [0.2, 0.25) is 0 Å². The SMILES string of the molecule is Cn1cc(-c2ccc(N)cn2)c(C(F)(F)F)n1. The minimum Gasteiger partial charge on any atom is -0.397 e. The minimum atomic E-state index is -4.50. The van der Waals surface area contributed by atoms with Gasteiger partial charge in [0, 0.05) is 13.2 Å². The Morgan fingerprint density at radius 1 is 1.29 bits per heavy atom. The number of anilines is 1. The second-order valence-corrected chi connectivity index (χ2v) is 3.54. The molecular weight excluding hydrogens is 233 g/mol. The molecule has 0 aliphatic rings. The molecular formula is C10H9F3N4. The largest absolute Gasteiger partial charge is 0.435 e. The van der Waals surface area contributed by atoms with Gasteiger partial charge in [0.1, 0.15) is 0 Å². The molecule has 90 valence electrons. The fourth-order valence-electron chi connectivity index (χ4n) is 1.45. The molecule has 17 heavy (non-hydrogen) atoms. The van der Waals surface area contributed by atoms with Gasteiger partial charge in [-0.05, 0) is 12.1 Å². The lowest BCUT2D eigenvalue weighted by molar-refractivity contribution is -0.141. The fourth-order valence-corrected chi connectivity index (χ4v) is 1.45. The van der Waals surface area contributed by atoms with E-state index < -0.39 is 11.9 Å². The van der Waals surface area contributed by atoms with Crippen molar-refractivity contribution in [2.45, 2.75) is 6.18 Å². The summed E-state index contributed by atoms with van der Waals surface area (Å²) in [6.45, 7) is 0. The Balaban J connectivity index is 2.55. The van der Waals surface area contributed by atoms with Crippen LogP contribution in [0.3, 0.4) is 0 Å². The predicted molar refractivity (Wildman–Crippen MR) is 55.9 cm³/mol. The van der Waals surface area contributed by atoms with Gasteiger partial charge >= 0.3 is 6.18 Å². The quantitative estimate of drug-likeness (QED) is 0.832. The van der Waals surface area contributed by atoms with Crippen molar-refractivity contribution < 1.29 is 13.2 Å². The lowest BCUT2D eigenvalue weighted by atomic mass is 10.1. The Morgan fingerprint density at radius 3 is 2.53 bits per heavy atom. The first-order chi connectivity index (χ1) is 7.88. The molecule has 0 amide bonds. The Morgan fingerprint density at radius 2 is 2.00 bits per heavy atom. The van der Waals surface area contributed by atoms with Crippen LogP contribution in [0.1, 0.15) is 5.69 Å². The van der Waals surface area contributed by atoms with Gasteiger partial charge in [-0.1, -0.05) is 0 Å². The highest BCUT2D eigenvalue weighted by Crippen LogP contribution is 2.35. The van der Waals surface area contributed by atoms with Crippen molar-refractivity contribution in [3.05, 3.63) is 30.2 Å². The number of hydrogen-bond acceptors (Lipinski definition) is 3. The van der Waals surface area contributed by atoms with E-state index in [1.54, 1.807) is 0 Å². The average Bonchev–Trinajstić information content (AvgIpc) is 2.61. The normalized spacial score (nSPS) is 11.8. The summed E-state index contributed by atoms with van der Waals surface area (Å²) in [6, 6.07) is 2.93. The Hall–Kier alpha value is -2.05. The lowest BCUT2D eigenvalue weighted by Crippen LogP contribution is -2.08. The van der Waals surface area contributed by atoms with Crippen molar-refractivity contribution in [3.8, 4) is 11.3 Å². The summed E-state index contributed by atoms with van der Waals surface area (Å²) in [5.41, 5.74) is 5.01. The average molecular weight is 242 g/mol. The summed E-state index contributed by atoms with van der Waals surface area (Å²) in [5.74, 6) is 0. The number of hydrogen-bond donors (Lipinski definition) is 1. The van der Waals surface area contributed by atoms with Gasteiger partial charge in [0.2, 0.25) is 0 Å². The van der Waals surface area contributed by atoms with E-state index in [2.05, 4.69) is 10.1 Å². The molecule has 7 heteroatoms. The number of nitrogens with zero attached hydrogens (tertiary/aromatic N) is 3. The summed E-state index contributed by atoms with van der Waals surface area (Å²) < 4.78 is 39.2. The van der Waals surface area contributed by atoms with Crippen molar-refractivity contribution in [2.75, 3.05) is 5.73 Å². The van der Waals surface area contributed by atoms with Crippen LogP contribution in [-0.4, -0.2) is 14.8 Å². The molecule has 0 fully saturated rings. The van der Waals surface area contributed by atoms with Gasteiger partial charge in [-0.3, -0.25) is 9.67 Å².